The van der Waals surface area contributed by atoms with Gasteiger partial charge in [0.15, 0.2) is 0 Å². The summed E-state index contributed by atoms with van der Waals surface area (Å²) >= 11 is 5.37. The lowest BCUT2D eigenvalue weighted by Gasteiger charge is -2.07. The molecule has 2 rings (SSSR count). The fourth-order valence-electron chi connectivity index (χ4n) is 2.00. The minimum absolute atomic E-state index is 0.0865. The molecule has 4 nitrogen and oxygen atoms in total. The number of benzene rings is 1. The molecule has 0 aliphatic heterocycles. The highest BCUT2D eigenvalue weighted by Gasteiger charge is 2.10. The third-order valence-electron chi connectivity index (χ3n) is 3.12. The van der Waals surface area contributed by atoms with Crippen LogP contribution in [0.25, 0.3) is 11.3 Å². The number of halogens is 1. The fourth-order valence-corrected chi connectivity index (χ4v) is 2.14. The summed E-state index contributed by atoms with van der Waals surface area (Å²) < 4.78 is 1.23. The number of hydrogen-bond donors (Lipinski definition) is 0. The van der Waals surface area contributed by atoms with Crippen LogP contribution in [-0.2, 0) is 24.7 Å². The van der Waals surface area contributed by atoms with E-state index in [1.165, 1.54) is 10.2 Å². The maximum atomic E-state index is 11.9. The number of nitrogens with zero attached hydrogens (tertiary/aromatic N) is 2. The summed E-state index contributed by atoms with van der Waals surface area (Å²) in [6.45, 7) is 2.09. The molecule has 0 radical (unpaired) electrons. The highest BCUT2D eigenvalue weighted by atomic mass is 35.5. The van der Waals surface area contributed by atoms with Crippen molar-refractivity contribution in [3.8, 4) is 11.3 Å². The summed E-state index contributed by atoms with van der Waals surface area (Å²) in [4.78, 5) is 22.9. The van der Waals surface area contributed by atoms with Gasteiger partial charge >= 0.3 is 0 Å². The van der Waals surface area contributed by atoms with Crippen LogP contribution in [0.4, 0.5) is 0 Å². The Morgan fingerprint density at radius 2 is 1.95 bits per heavy atom. The molecule has 5 heteroatoms. The van der Waals surface area contributed by atoms with Crippen molar-refractivity contribution in [1.29, 1.82) is 0 Å². The Hall–Kier alpha value is -1.94. The summed E-state index contributed by atoms with van der Waals surface area (Å²) in [5, 5.41) is 3.66. The normalized spacial score (nSPS) is 10.6. The molecular weight excluding hydrogens is 276 g/mol. The molecule has 0 saturated heterocycles. The van der Waals surface area contributed by atoms with E-state index in [-0.39, 0.29) is 12.0 Å². The van der Waals surface area contributed by atoms with Gasteiger partial charge in [0.25, 0.3) is 5.56 Å². The molecule has 104 valence electrons. The minimum atomic E-state index is -0.555. The van der Waals surface area contributed by atoms with Gasteiger partial charge in [-0.1, -0.05) is 31.2 Å². The van der Waals surface area contributed by atoms with Gasteiger partial charge in [0.1, 0.15) is 0 Å². The topological polar surface area (TPSA) is 52.0 Å². The van der Waals surface area contributed by atoms with Crippen molar-refractivity contribution in [2.45, 2.75) is 19.8 Å². The molecule has 0 spiro atoms. The van der Waals surface area contributed by atoms with Crippen LogP contribution < -0.4 is 5.56 Å². The van der Waals surface area contributed by atoms with E-state index in [2.05, 4.69) is 12.0 Å². The Morgan fingerprint density at radius 1 is 1.30 bits per heavy atom. The molecule has 0 aliphatic rings. The standard InChI is InChI=1S/C15H15ClN2O2/c1-3-10-4-6-11(7-5-10)13-8-12(9-14(16)19)15(20)18(2)17-13/h4-8H,3,9H2,1-2H3. The first-order chi connectivity index (χ1) is 9.51. The van der Waals surface area contributed by atoms with E-state index >= 15 is 0 Å². The molecule has 0 bridgehead atoms. The summed E-state index contributed by atoms with van der Waals surface area (Å²) in [5.41, 5.74) is 2.85. The van der Waals surface area contributed by atoms with Crippen LogP contribution in [0.3, 0.4) is 0 Å². The van der Waals surface area contributed by atoms with Gasteiger partial charge in [-0.15, -0.1) is 0 Å². The van der Waals surface area contributed by atoms with Gasteiger partial charge in [0.2, 0.25) is 5.24 Å². The second-order valence-corrected chi connectivity index (χ2v) is 4.99. The lowest BCUT2D eigenvalue weighted by Crippen LogP contribution is -2.24. The maximum Gasteiger partial charge on any atom is 0.270 e. The molecule has 20 heavy (non-hydrogen) atoms. The van der Waals surface area contributed by atoms with E-state index in [0.29, 0.717) is 11.3 Å². The second-order valence-electron chi connectivity index (χ2n) is 4.57. The molecule has 1 aromatic carbocycles. The largest absolute Gasteiger partial charge is 0.281 e. The molecule has 0 unspecified atom stereocenters. The van der Waals surface area contributed by atoms with E-state index in [1.54, 1.807) is 13.1 Å². The van der Waals surface area contributed by atoms with Gasteiger partial charge in [-0.3, -0.25) is 9.59 Å². The zero-order valence-electron chi connectivity index (χ0n) is 11.4. The number of hydrogen-bond acceptors (Lipinski definition) is 3. The molecule has 0 atom stereocenters. The Morgan fingerprint density at radius 3 is 2.50 bits per heavy atom. The third-order valence-corrected chi connectivity index (χ3v) is 3.26. The first kappa shape index (κ1) is 14.5. The van der Waals surface area contributed by atoms with Crippen LogP contribution in [0.5, 0.6) is 0 Å². The van der Waals surface area contributed by atoms with Crippen LogP contribution in [0.15, 0.2) is 35.1 Å². The highest BCUT2D eigenvalue weighted by Crippen LogP contribution is 2.18. The Balaban J connectivity index is 2.48. The molecule has 0 amide bonds. The van der Waals surface area contributed by atoms with Crippen LogP contribution in [-0.4, -0.2) is 15.0 Å². The molecular formula is C15H15ClN2O2. The number of aromatic nitrogens is 2. The maximum absolute atomic E-state index is 11.9. The van der Waals surface area contributed by atoms with Crippen molar-refractivity contribution in [2.75, 3.05) is 0 Å². The lowest BCUT2D eigenvalue weighted by atomic mass is 10.1. The second kappa shape index (κ2) is 6.01. The molecule has 2 aromatic rings. The van der Waals surface area contributed by atoms with Gasteiger partial charge in [-0.05, 0) is 29.7 Å². The summed E-state index contributed by atoms with van der Waals surface area (Å²) in [6, 6.07) is 9.59. The van der Waals surface area contributed by atoms with E-state index in [0.717, 1.165) is 12.0 Å². The van der Waals surface area contributed by atoms with Crippen molar-refractivity contribution in [1.82, 2.24) is 9.78 Å². The van der Waals surface area contributed by atoms with E-state index in [9.17, 15) is 9.59 Å². The fraction of sp³-hybridized carbons (Fsp3) is 0.267. The highest BCUT2D eigenvalue weighted by molar-refractivity contribution is 6.63. The van der Waals surface area contributed by atoms with Crippen molar-refractivity contribution >= 4 is 16.8 Å². The van der Waals surface area contributed by atoms with Crippen molar-refractivity contribution in [3.63, 3.8) is 0 Å². The Bertz CT molecular complexity index is 690. The van der Waals surface area contributed by atoms with Crippen LogP contribution in [0.2, 0.25) is 0 Å². The van der Waals surface area contributed by atoms with E-state index in [1.807, 2.05) is 24.3 Å². The van der Waals surface area contributed by atoms with Crippen molar-refractivity contribution in [3.05, 3.63) is 51.8 Å². The van der Waals surface area contributed by atoms with Gasteiger partial charge in [-0.25, -0.2) is 4.68 Å². The van der Waals surface area contributed by atoms with Crippen LogP contribution in [0, 0.1) is 0 Å². The molecule has 0 fully saturated rings. The Kier molecular flexibility index (Phi) is 4.35. The smallest absolute Gasteiger partial charge is 0.270 e. The number of carbonyl (C=O) groups excluding carboxylic acids is 1. The predicted octanol–water partition coefficient (Wildman–Crippen LogP) is 2.32. The van der Waals surface area contributed by atoms with Gasteiger partial charge in [-0.2, -0.15) is 5.10 Å². The van der Waals surface area contributed by atoms with E-state index in [4.69, 9.17) is 11.6 Å². The van der Waals surface area contributed by atoms with Gasteiger partial charge in [0.05, 0.1) is 12.1 Å². The first-order valence-corrected chi connectivity index (χ1v) is 6.74. The third kappa shape index (κ3) is 3.14. The molecule has 0 N–H and O–H groups in total. The lowest BCUT2D eigenvalue weighted by molar-refractivity contribution is -0.111. The van der Waals surface area contributed by atoms with Crippen molar-refractivity contribution < 1.29 is 4.79 Å². The quantitative estimate of drug-likeness (QED) is 0.812. The Labute approximate surface area is 122 Å². The van der Waals surface area contributed by atoms with Crippen molar-refractivity contribution in [2.24, 2.45) is 7.05 Å². The predicted molar refractivity (Wildman–Crippen MR) is 78.9 cm³/mol. The minimum Gasteiger partial charge on any atom is -0.281 e. The van der Waals surface area contributed by atoms with E-state index < -0.39 is 5.24 Å². The van der Waals surface area contributed by atoms with Gasteiger partial charge < -0.3 is 0 Å². The zero-order chi connectivity index (χ0) is 14.7. The van der Waals surface area contributed by atoms with Crippen LogP contribution >= 0.6 is 11.6 Å². The summed E-state index contributed by atoms with van der Waals surface area (Å²) in [5.74, 6) is 0. The average Bonchev–Trinajstić information content (AvgIpc) is 2.43. The summed E-state index contributed by atoms with van der Waals surface area (Å²) in [7, 11) is 1.56. The first-order valence-electron chi connectivity index (χ1n) is 6.36. The van der Waals surface area contributed by atoms with Gasteiger partial charge in [0, 0.05) is 18.2 Å². The molecule has 1 aromatic heterocycles. The molecule has 0 saturated carbocycles. The summed E-state index contributed by atoms with van der Waals surface area (Å²) in [6.07, 6.45) is 0.879. The molecule has 1 heterocycles. The number of rotatable bonds is 4. The number of aryl methyl sites for hydroxylation is 2. The monoisotopic (exact) mass is 290 g/mol. The average molecular weight is 291 g/mol. The SMILES string of the molecule is CCc1ccc(-c2cc(CC(=O)Cl)c(=O)n(C)n2)cc1. The zero-order valence-corrected chi connectivity index (χ0v) is 12.1. The number of carbonyl (C=O) groups is 1. The molecule has 0 aliphatic carbocycles. The van der Waals surface area contributed by atoms with Crippen LogP contribution in [0.1, 0.15) is 18.1 Å².